The van der Waals surface area contributed by atoms with Crippen molar-refractivity contribution < 1.29 is 14.0 Å². The second kappa shape index (κ2) is 7.63. The van der Waals surface area contributed by atoms with Crippen molar-refractivity contribution in [3.8, 4) is 11.4 Å². The summed E-state index contributed by atoms with van der Waals surface area (Å²) in [5, 5.41) is 14.4. The number of aryl methyl sites for hydroxylation is 1. The molecule has 1 N–H and O–H groups in total. The summed E-state index contributed by atoms with van der Waals surface area (Å²) in [7, 11) is 1.76. The maximum atomic E-state index is 12.7. The molecule has 0 radical (unpaired) electrons. The molecule has 144 valence electrons. The second-order valence-corrected chi connectivity index (χ2v) is 6.77. The summed E-state index contributed by atoms with van der Waals surface area (Å²) < 4.78 is 6.55. The third-order valence-corrected chi connectivity index (χ3v) is 4.93. The molecular formula is C19H20N6O3. The van der Waals surface area contributed by atoms with Gasteiger partial charge in [-0.15, -0.1) is 5.10 Å². The number of nitrogens with zero attached hydrogens (tertiary/aromatic N) is 5. The van der Waals surface area contributed by atoms with Crippen molar-refractivity contribution >= 4 is 17.5 Å². The van der Waals surface area contributed by atoms with Crippen molar-refractivity contribution in [2.45, 2.75) is 12.8 Å². The van der Waals surface area contributed by atoms with Crippen molar-refractivity contribution in [3.63, 3.8) is 0 Å². The Hall–Kier alpha value is -3.49. The number of tetrazole rings is 1. The zero-order chi connectivity index (χ0) is 19.5. The summed E-state index contributed by atoms with van der Waals surface area (Å²) in [5.74, 6) is 0.400. The van der Waals surface area contributed by atoms with Gasteiger partial charge in [0.25, 0.3) is 5.91 Å². The first-order valence-electron chi connectivity index (χ1n) is 9.07. The van der Waals surface area contributed by atoms with E-state index in [1.807, 2.05) is 24.3 Å². The summed E-state index contributed by atoms with van der Waals surface area (Å²) in [5.41, 5.74) is 2.06. The minimum atomic E-state index is -0.131. The number of piperidine rings is 1. The van der Waals surface area contributed by atoms with E-state index in [0.717, 1.165) is 5.56 Å². The highest BCUT2D eigenvalue weighted by atomic mass is 16.3. The molecule has 2 amide bonds. The molecule has 9 nitrogen and oxygen atoms in total. The van der Waals surface area contributed by atoms with E-state index in [4.69, 9.17) is 4.42 Å². The van der Waals surface area contributed by atoms with Crippen LogP contribution in [0.2, 0.25) is 0 Å². The molecule has 3 heterocycles. The van der Waals surface area contributed by atoms with Gasteiger partial charge >= 0.3 is 0 Å². The lowest BCUT2D eigenvalue weighted by Crippen LogP contribution is -2.41. The third kappa shape index (κ3) is 3.64. The van der Waals surface area contributed by atoms with E-state index in [-0.39, 0.29) is 17.7 Å². The highest BCUT2D eigenvalue weighted by Crippen LogP contribution is 2.23. The van der Waals surface area contributed by atoms with Gasteiger partial charge in [-0.3, -0.25) is 9.59 Å². The van der Waals surface area contributed by atoms with E-state index < -0.39 is 0 Å². The van der Waals surface area contributed by atoms with Crippen LogP contribution >= 0.6 is 0 Å². The fourth-order valence-electron chi connectivity index (χ4n) is 3.37. The molecule has 0 spiro atoms. The van der Waals surface area contributed by atoms with Crippen LogP contribution in [-0.2, 0) is 11.8 Å². The first-order chi connectivity index (χ1) is 13.6. The lowest BCUT2D eigenvalue weighted by atomic mass is 9.95. The minimum Gasteiger partial charge on any atom is -0.472 e. The van der Waals surface area contributed by atoms with E-state index in [2.05, 4.69) is 20.8 Å². The number of benzene rings is 1. The Morgan fingerprint density at radius 2 is 2.04 bits per heavy atom. The Bertz CT molecular complexity index is 973. The molecule has 28 heavy (non-hydrogen) atoms. The van der Waals surface area contributed by atoms with Crippen molar-refractivity contribution in [1.82, 2.24) is 25.1 Å². The van der Waals surface area contributed by atoms with Crippen LogP contribution in [0.5, 0.6) is 0 Å². The molecule has 1 aliphatic rings. The van der Waals surface area contributed by atoms with E-state index in [0.29, 0.717) is 43.0 Å². The summed E-state index contributed by atoms with van der Waals surface area (Å²) in [6.45, 7) is 1.10. The number of carbonyl (C=O) groups excluding carboxylic acids is 2. The van der Waals surface area contributed by atoms with Crippen molar-refractivity contribution in [2.24, 2.45) is 13.0 Å². The van der Waals surface area contributed by atoms with E-state index in [1.54, 1.807) is 22.7 Å². The first-order valence-corrected chi connectivity index (χ1v) is 9.07. The van der Waals surface area contributed by atoms with Crippen LogP contribution in [0.1, 0.15) is 23.2 Å². The number of furan rings is 1. The Morgan fingerprint density at radius 3 is 2.71 bits per heavy atom. The van der Waals surface area contributed by atoms with Crippen LogP contribution in [0.25, 0.3) is 11.4 Å². The normalized spacial score (nSPS) is 14.8. The summed E-state index contributed by atoms with van der Waals surface area (Å²) >= 11 is 0. The van der Waals surface area contributed by atoms with Gasteiger partial charge in [-0.05, 0) is 41.5 Å². The van der Waals surface area contributed by atoms with Gasteiger partial charge in [0.1, 0.15) is 6.26 Å². The maximum Gasteiger partial charge on any atom is 0.257 e. The molecule has 3 aromatic rings. The molecule has 2 aromatic heterocycles. The molecular weight excluding hydrogens is 360 g/mol. The van der Waals surface area contributed by atoms with Crippen molar-refractivity contribution in [1.29, 1.82) is 0 Å². The predicted octanol–water partition coefficient (Wildman–Crippen LogP) is 1.96. The van der Waals surface area contributed by atoms with Crippen LogP contribution in [0, 0.1) is 5.92 Å². The van der Waals surface area contributed by atoms with Gasteiger partial charge in [-0.25, -0.2) is 4.68 Å². The lowest BCUT2D eigenvalue weighted by molar-refractivity contribution is -0.121. The van der Waals surface area contributed by atoms with Gasteiger partial charge in [0, 0.05) is 37.3 Å². The Morgan fingerprint density at radius 1 is 1.21 bits per heavy atom. The quantitative estimate of drug-likeness (QED) is 0.742. The van der Waals surface area contributed by atoms with Gasteiger partial charge in [-0.2, -0.15) is 0 Å². The molecule has 0 aliphatic carbocycles. The van der Waals surface area contributed by atoms with Crippen LogP contribution in [0.3, 0.4) is 0 Å². The lowest BCUT2D eigenvalue weighted by Gasteiger charge is -2.31. The Kier molecular flexibility index (Phi) is 4.88. The highest BCUT2D eigenvalue weighted by molar-refractivity contribution is 5.95. The molecule has 0 bridgehead atoms. The minimum absolute atomic E-state index is 0.0383. The van der Waals surface area contributed by atoms with Gasteiger partial charge in [0.2, 0.25) is 5.91 Å². The number of hydrogen-bond acceptors (Lipinski definition) is 6. The fourth-order valence-corrected chi connectivity index (χ4v) is 3.37. The predicted molar refractivity (Wildman–Crippen MR) is 100 cm³/mol. The average Bonchev–Trinajstić information content (AvgIpc) is 3.39. The standard InChI is InChI=1S/C19H20N6O3/c1-24-17(21-22-23-24)14-3-2-4-16(11-14)20-18(26)13-5-8-25(9-6-13)19(27)15-7-10-28-12-15/h2-4,7,10-13H,5-6,8-9H2,1H3,(H,20,26). The van der Waals surface area contributed by atoms with E-state index >= 15 is 0 Å². The van der Waals surface area contributed by atoms with Crippen molar-refractivity contribution in [3.05, 3.63) is 48.4 Å². The molecule has 9 heteroatoms. The van der Waals surface area contributed by atoms with Gasteiger partial charge in [-0.1, -0.05) is 12.1 Å². The third-order valence-electron chi connectivity index (χ3n) is 4.93. The molecule has 0 saturated carbocycles. The van der Waals surface area contributed by atoms with E-state index in [9.17, 15) is 9.59 Å². The summed E-state index contributed by atoms with van der Waals surface area (Å²) in [6, 6.07) is 9.08. The molecule has 4 rings (SSSR count). The summed E-state index contributed by atoms with van der Waals surface area (Å²) in [4.78, 5) is 26.8. The monoisotopic (exact) mass is 380 g/mol. The number of nitrogens with one attached hydrogen (secondary N) is 1. The second-order valence-electron chi connectivity index (χ2n) is 6.77. The number of anilines is 1. The molecule has 1 aromatic carbocycles. The average molecular weight is 380 g/mol. The first kappa shape index (κ1) is 17.9. The highest BCUT2D eigenvalue weighted by Gasteiger charge is 2.28. The topological polar surface area (TPSA) is 106 Å². The number of likely N-dealkylation sites (tertiary alicyclic amines) is 1. The number of rotatable bonds is 4. The van der Waals surface area contributed by atoms with E-state index in [1.165, 1.54) is 12.5 Å². The van der Waals surface area contributed by atoms with Gasteiger partial charge in [0.15, 0.2) is 5.82 Å². The molecule has 1 saturated heterocycles. The van der Waals surface area contributed by atoms with Crippen LogP contribution in [0.15, 0.2) is 47.3 Å². The van der Waals surface area contributed by atoms with Crippen LogP contribution in [0.4, 0.5) is 5.69 Å². The number of aromatic nitrogens is 4. The molecule has 1 fully saturated rings. The Balaban J connectivity index is 1.36. The number of amides is 2. The van der Waals surface area contributed by atoms with Crippen LogP contribution in [-0.4, -0.2) is 50.0 Å². The SMILES string of the molecule is Cn1nnnc1-c1cccc(NC(=O)C2CCN(C(=O)c3ccoc3)CC2)c1. The van der Waals surface area contributed by atoms with Gasteiger partial charge < -0.3 is 14.6 Å². The zero-order valence-electron chi connectivity index (χ0n) is 15.4. The van der Waals surface area contributed by atoms with Gasteiger partial charge in [0.05, 0.1) is 11.8 Å². The molecule has 0 unspecified atom stereocenters. The maximum absolute atomic E-state index is 12.7. The number of carbonyl (C=O) groups is 2. The number of hydrogen-bond donors (Lipinski definition) is 1. The summed E-state index contributed by atoms with van der Waals surface area (Å²) in [6.07, 6.45) is 4.18. The fraction of sp³-hybridized carbons (Fsp3) is 0.316. The molecule has 0 atom stereocenters. The Labute approximate surface area is 161 Å². The smallest absolute Gasteiger partial charge is 0.257 e. The van der Waals surface area contributed by atoms with Crippen molar-refractivity contribution in [2.75, 3.05) is 18.4 Å². The largest absolute Gasteiger partial charge is 0.472 e. The molecule has 1 aliphatic heterocycles. The zero-order valence-corrected chi connectivity index (χ0v) is 15.4. The van der Waals surface area contributed by atoms with Crippen LogP contribution < -0.4 is 5.32 Å².